The van der Waals surface area contributed by atoms with Gasteiger partial charge in [0.1, 0.15) is 0 Å². The highest BCUT2D eigenvalue weighted by atomic mass is 35.5. The fourth-order valence-corrected chi connectivity index (χ4v) is 2.73. The number of nitrogens with one attached hydrogen (secondary N) is 2. The number of hydrogen-bond donors (Lipinski definition) is 2. The van der Waals surface area contributed by atoms with Crippen molar-refractivity contribution >= 4 is 17.6 Å². The number of guanidine groups is 1. The third-order valence-electron chi connectivity index (χ3n) is 3.76. The standard InChI is InChI=1S/C20H27ClN4/c1-4-22-20(24-14-17-10-7-8-12-19(17)21)23-13-16-9-5-6-11-18(16)15-25(2)3/h5-12H,4,13-15H2,1-3H3,(H2,22,23,24). The van der Waals surface area contributed by atoms with Crippen LogP contribution in [0.25, 0.3) is 0 Å². The number of rotatable bonds is 7. The van der Waals surface area contributed by atoms with Crippen molar-refractivity contribution in [3.05, 3.63) is 70.2 Å². The second kappa shape index (κ2) is 10.1. The summed E-state index contributed by atoms with van der Waals surface area (Å²) in [5.41, 5.74) is 3.62. The Bertz CT molecular complexity index is 698. The molecular weight excluding hydrogens is 332 g/mol. The quantitative estimate of drug-likeness (QED) is 0.586. The van der Waals surface area contributed by atoms with Gasteiger partial charge >= 0.3 is 0 Å². The van der Waals surface area contributed by atoms with Crippen LogP contribution in [0.15, 0.2) is 53.5 Å². The Morgan fingerprint density at radius 2 is 1.60 bits per heavy atom. The van der Waals surface area contributed by atoms with Gasteiger partial charge in [-0.1, -0.05) is 54.1 Å². The minimum atomic E-state index is 0.550. The number of nitrogens with zero attached hydrogens (tertiary/aromatic N) is 2. The maximum atomic E-state index is 6.21. The van der Waals surface area contributed by atoms with Crippen molar-refractivity contribution in [3.8, 4) is 0 Å². The summed E-state index contributed by atoms with van der Waals surface area (Å²) in [6.07, 6.45) is 0. The Morgan fingerprint density at radius 1 is 0.960 bits per heavy atom. The lowest BCUT2D eigenvalue weighted by molar-refractivity contribution is 0.400. The number of hydrogen-bond acceptors (Lipinski definition) is 2. The molecule has 0 bridgehead atoms. The van der Waals surface area contributed by atoms with Crippen LogP contribution in [0.5, 0.6) is 0 Å². The first-order valence-electron chi connectivity index (χ1n) is 8.57. The van der Waals surface area contributed by atoms with Crippen molar-refractivity contribution in [3.63, 3.8) is 0 Å². The lowest BCUT2D eigenvalue weighted by Gasteiger charge is -2.16. The zero-order valence-corrected chi connectivity index (χ0v) is 16.0. The van der Waals surface area contributed by atoms with E-state index in [9.17, 15) is 0 Å². The van der Waals surface area contributed by atoms with Gasteiger partial charge in [-0.25, -0.2) is 4.99 Å². The first-order valence-corrected chi connectivity index (χ1v) is 8.95. The molecule has 2 rings (SSSR count). The SMILES string of the molecule is CCNC(=NCc1ccccc1Cl)NCc1ccccc1CN(C)C. The Hall–Kier alpha value is -2.04. The van der Waals surface area contributed by atoms with Gasteiger partial charge in [0.2, 0.25) is 0 Å². The van der Waals surface area contributed by atoms with E-state index in [1.165, 1.54) is 11.1 Å². The molecule has 0 atom stereocenters. The van der Waals surface area contributed by atoms with Crippen LogP contribution in [0.1, 0.15) is 23.6 Å². The molecule has 0 spiro atoms. The molecule has 2 aromatic rings. The Morgan fingerprint density at radius 3 is 2.24 bits per heavy atom. The van der Waals surface area contributed by atoms with Crippen molar-refractivity contribution in [2.24, 2.45) is 4.99 Å². The second-order valence-corrected chi connectivity index (χ2v) is 6.55. The fourth-order valence-electron chi connectivity index (χ4n) is 2.54. The van der Waals surface area contributed by atoms with Crippen LogP contribution in [-0.2, 0) is 19.6 Å². The highest BCUT2D eigenvalue weighted by Gasteiger charge is 2.05. The van der Waals surface area contributed by atoms with E-state index in [0.717, 1.165) is 36.2 Å². The van der Waals surface area contributed by atoms with Crippen molar-refractivity contribution in [2.75, 3.05) is 20.6 Å². The maximum Gasteiger partial charge on any atom is 0.191 e. The molecule has 0 aliphatic rings. The summed E-state index contributed by atoms with van der Waals surface area (Å²) >= 11 is 6.21. The topological polar surface area (TPSA) is 39.7 Å². The highest BCUT2D eigenvalue weighted by Crippen LogP contribution is 2.15. The van der Waals surface area contributed by atoms with Crippen molar-refractivity contribution in [1.82, 2.24) is 15.5 Å². The Kier molecular flexibility index (Phi) is 7.76. The lowest BCUT2D eigenvalue weighted by Crippen LogP contribution is -2.37. The summed E-state index contributed by atoms with van der Waals surface area (Å²) in [4.78, 5) is 6.83. The molecule has 2 aromatic carbocycles. The molecule has 0 fully saturated rings. The maximum absolute atomic E-state index is 6.21. The molecule has 0 amide bonds. The molecule has 134 valence electrons. The van der Waals surface area contributed by atoms with E-state index < -0.39 is 0 Å². The van der Waals surface area contributed by atoms with Crippen molar-refractivity contribution in [1.29, 1.82) is 0 Å². The predicted molar refractivity (Wildman–Crippen MR) is 107 cm³/mol. The third kappa shape index (κ3) is 6.40. The average molecular weight is 359 g/mol. The molecule has 0 saturated heterocycles. The monoisotopic (exact) mass is 358 g/mol. The van der Waals surface area contributed by atoms with Gasteiger partial charge in [-0.15, -0.1) is 0 Å². The van der Waals surface area contributed by atoms with Crippen LogP contribution in [0, 0.1) is 0 Å². The first-order chi connectivity index (χ1) is 12.1. The normalized spacial score (nSPS) is 11.6. The minimum Gasteiger partial charge on any atom is -0.357 e. The smallest absolute Gasteiger partial charge is 0.191 e. The molecule has 2 N–H and O–H groups in total. The lowest BCUT2D eigenvalue weighted by atomic mass is 10.1. The Balaban J connectivity index is 2.05. The van der Waals surface area contributed by atoms with Gasteiger partial charge in [0.15, 0.2) is 5.96 Å². The molecular formula is C20H27ClN4. The highest BCUT2D eigenvalue weighted by molar-refractivity contribution is 6.31. The summed E-state index contributed by atoms with van der Waals surface area (Å²) in [6.45, 7) is 5.08. The van der Waals surface area contributed by atoms with E-state index in [0.29, 0.717) is 6.54 Å². The van der Waals surface area contributed by atoms with E-state index in [-0.39, 0.29) is 0 Å². The molecule has 0 aromatic heterocycles. The fraction of sp³-hybridized carbons (Fsp3) is 0.350. The molecule has 25 heavy (non-hydrogen) atoms. The van der Waals surface area contributed by atoms with Crippen LogP contribution in [-0.4, -0.2) is 31.5 Å². The van der Waals surface area contributed by atoms with Crippen molar-refractivity contribution < 1.29 is 0 Å². The molecule has 0 radical (unpaired) electrons. The average Bonchev–Trinajstić information content (AvgIpc) is 2.59. The molecule has 4 nitrogen and oxygen atoms in total. The molecule has 0 saturated carbocycles. The van der Waals surface area contributed by atoms with Gasteiger partial charge in [0.25, 0.3) is 0 Å². The molecule has 5 heteroatoms. The third-order valence-corrected chi connectivity index (χ3v) is 4.13. The van der Waals surface area contributed by atoms with Crippen LogP contribution in [0.4, 0.5) is 0 Å². The van der Waals surface area contributed by atoms with Crippen LogP contribution in [0.3, 0.4) is 0 Å². The summed E-state index contributed by atoms with van der Waals surface area (Å²) in [7, 11) is 4.17. The van der Waals surface area contributed by atoms with E-state index in [1.54, 1.807) is 0 Å². The minimum absolute atomic E-state index is 0.550. The predicted octanol–water partition coefficient (Wildman–Crippen LogP) is 3.66. The van der Waals surface area contributed by atoms with Crippen LogP contribution >= 0.6 is 11.6 Å². The van der Waals surface area contributed by atoms with Gasteiger partial charge in [0.05, 0.1) is 6.54 Å². The summed E-state index contributed by atoms with van der Waals surface area (Å²) in [5.74, 6) is 0.794. The molecule has 0 aliphatic carbocycles. The first kappa shape index (κ1) is 19.3. The van der Waals surface area contributed by atoms with Crippen molar-refractivity contribution in [2.45, 2.75) is 26.6 Å². The van der Waals surface area contributed by atoms with Crippen LogP contribution < -0.4 is 10.6 Å². The second-order valence-electron chi connectivity index (χ2n) is 6.15. The van der Waals surface area contributed by atoms with Gasteiger partial charge in [-0.3, -0.25) is 0 Å². The van der Waals surface area contributed by atoms with Gasteiger partial charge in [0, 0.05) is 24.7 Å². The Labute approximate surface area is 155 Å². The zero-order valence-electron chi connectivity index (χ0n) is 15.2. The van der Waals surface area contributed by atoms with E-state index in [2.05, 4.69) is 65.8 Å². The molecule has 0 unspecified atom stereocenters. The van der Waals surface area contributed by atoms with Crippen LogP contribution in [0.2, 0.25) is 5.02 Å². The van der Waals surface area contributed by atoms with E-state index in [4.69, 9.17) is 11.6 Å². The van der Waals surface area contributed by atoms with E-state index >= 15 is 0 Å². The van der Waals surface area contributed by atoms with Gasteiger partial charge in [-0.2, -0.15) is 0 Å². The largest absolute Gasteiger partial charge is 0.357 e. The number of benzene rings is 2. The van der Waals surface area contributed by atoms with E-state index in [1.807, 2.05) is 24.3 Å². The summed E-state index contributed by atoms with van der Waals surface area (Å²) in [5, 5.41) is 7.45. The van der Waals surface area contributed by atoms with Gasteiger partial charge < -0.3 is 15.5 Å². The summed E-state index contributed by atoms with van der Waals surface area (Å²) < 4.78 is 0. The number of halogens is 1. The molecule has 0 heterocycles. The molecule has 0 aliphatic heterocycles. The number of aliphatic imine (C=N–C) groups is 1. The summed E-state index contributed by atoms with van der Waals surface area (Å²) in [6, 6.07) is 16.3. The zero-order chi connectivity index (χ0) is 18.1. The van der Waals surface area contributed by atoms with Gasteiger partial charge in [-0.05, 0) is 43.8 Å².